The number of carboxylic acids is 1. The minimum Gasteiger partial charge on any atom is -0.481 e. The van der Waals surface area contributed by atoms with Gasteiger partial charge in [-0.25, -0.2) is 5.90 Å². The molecule has 0 radical (unpaired) electrons. The lowest BCUT2D eigenvalue weighted by Crippen LogP contribution is -1.81. The summed E-state index contributed by atoms with van der Waals surface area (Å²) in [6.07, 6.45) is 0. The molecule has 0 aliphatic heterocycles. The van der Waals surface area contributed by atoms with Gasteiger partial charge in [-0.3, -0.25) is 4.79 Å². The maximum Gasteiger partial charge on any atom is 0.300 e. The van der Waals surface area contributed by atoms with Crippen LogP contribution >= 0.6 is 0 Å². The van der Waals surface area contributed by atoms with Crippen molar-refractivity contribution < 1.29 is 25.4 Å². The fourth-order valence-corrected chi connectivity index (χ4v) is 0. The molecule has 8 heteroatoms. The Morgan fingerprint density at radius 1 is 1.60 bits per heavy atom. The fourth-order valence-electron chi connectivity index (χ4n) is 0. The van der Waals surface area contributed by atoms with Crippen LogP contribution in [0.2, 0.25) is 0 Å². The van der Waals surface area contributed by atoms with Crippen LogP contribution in [0.1, 0.15) is 6.92 Å². The number of carboxylic acid groups (broad SMARTS) is 1. The number of carbonyl (C=O) groups is 1. The second kappa shape index (κ2) is 15.6. The van der Waals surface area contributed by atoms with E-state index in [0.717, 1.165) is 6.92 Å². The summed E-state index contributed by atoms with van der Waals surface area (Å²) >= 11 is 0. The number of hydrogen-bond acceptors (Lipinski definition) is 5. The number of nitrogens with zero attached hydrogens (tertiary/aromatic N) is 1. The highest BCUT2D eigenvalue weighted by molar-refractivity contribution is 5.62. The van der Waals surface area contributed by atoms with Crippen molar-refractivity contribution in [2.24, 2.45) is 5.90 Å². The summed E-state index contributed by atoms with van der Waals surface area (Å²) in [7, 11) is 0. The molecule has 0 rings (SSSR count). The van der Waals surface area contributed by atoms with Crippen LogP contribution in [0.4, 0.5) is 0 Å². The van der Waals surface area contributed by atoms with Crippen molar-refractivity contribution in [3.05, 3.63) is 10.1 Å². The smallest absolute Gasteiger partial charge is 0.300 e. The van der Waals surface area contributed by atoms with Crippen LogP contribution in [-0.2, 0) is 4.79 Å². The number of nitrogens with two attached hydrogens (primary N) is 1. The highest BCUT2D eigenvalue weighted by atomic mass is 16.9. The standard InChI is InChI=1S/C2H4O2.HNO3.H3NO/c1-2(3)4;2-1(3)4;1-2/h1H3,(H,3,4);(H,2,3,4);2H,1H2. The fraction of sp³-hybridized carbons (Fsp3) is 0.500. The molecular formula is C2H8N2O6. The molecule has 0 aliphatic carbocycles. The molecular weight excluding hydrogens is 148 g/mol. The van der Waals surface area contributed by atoms with E-state index in [4.69, 9.17) is 30.4 Å². The normalized spacial score (nSPS) is 5.50. The molecule has 0 bridgehead atoms. The van der Waals surface area contributed by atoms with E-state index < -0.39 is 11.1 Å². The molecule has 0 amide bonds. The van der Waals surface area contributed by atoms with Crippen LogP contribution in [0.3, 0.4) is 0 Å². The van der Waals surface area contributed by atoms with Gasteiger partial charge in [-0.15, -0.1) is 10.1 Å². The van der Waals surface area contributed by atoms with Crippen molar-refractivity contribution in [3.8, 4) is 0 Å². The molecule has 0 spiro atoms. The van der Waals surface area contributed by atoms with E-state index in [2.05, 4.69) is 5.90 Å². The molecule has 0 saturated carbocycles. The third-order valence-corrected chi connectivity index (χ3v) is 0. The Hall–Kier alpha value is -1.41. The maximum absolute atomic E-state index is 9.00. The van der Waals surface area contributed by atoms with Gasteiger partial charge in [0.2, 0.25) is 0 Å². The quantitative estimate of drug-likeness (QED) is 0.261. The van der Waals surface area contributed by atoms with Crippen molar-refractivity contribution in [2.45, 2.75) is 6.92 Å². The summed E-state index contributed by atoms with van der Waals surface area (Å²) in [5.41, 5.74) is 0. The van der Waals surface area contributed by atoms with E-state index in [0.29, 0.717) is 0 Å². The molecule has 0 aliphatic rings. The van der Waals surface area contributed by atoms with E-state index in [1.807, 2.05) is 0 Å². The summed E-state index contributed by atoms with van der Waals surface area (Å²) in [6, 6.07) is 0. The topological polar surface area (TPSA) is 147 Å². The first kappa shape index (κ1) is 15.8. The molecule has 0 heterocycles. The first-order valence-electron chi connectivity index (χ1n) is 1.75. The SMILES string of the molecule is CC(=O)O.NO.O=[N+]([O-])O. The highest BCUT2D eigenvalue weighted by Gasteiger charge is 1.65. The van der Waals surface area contributed by atoms with Gasteiger partial charge in [0.25, 0.3) is 11.1 Å². The molecule has 62 valence electrons. The highest BCUT2D eigenvalue weighted by Crippen LogP contribution is 1.42. The van der Waals surface area contributed by atoms with Crippen molar-refractivity contribution in [2.75, 3.05) is 0 Å². The molecule has 10 heavy (non-hydrogen) atoms. The van der Waals surface area contributed by atoms with Crippen molar-refractivity contribution in [1.29, 1.82) is 0 Å². The average molecular weight is 156 g/mol. The molecule has 8 nitrogen and oxygen atoms in total. The third kappa shape index (κ3) is 104. The average Bonchev–Trinajstić information content (AvgIpc) is 1.66. The number of aliphatic carboxylic acids is 1. The summed E-state index contributed by atoms with van der Waals surface area (Å²) in [5.74, 6) is 2.67. The van der Waals surface area contributed by atoms with E-state index in [1.165, 1.54) is 0 Å². The summed E-state index contributed by atoms with van der Waals surface area (Å²) < 4.78 is 0. The van der Waals surface area contributed by atoms with E-state index in [9.17, 15) is 0 Å². The molecule has 5 N–H and O–H groups in total. The lowest BCUT2D eigenvalue weighted by atomic mass is 10.9. The van der Waals surface area contributed by atoms with Gasteiger partial charge >= 0.3 is 0 Å². The number of rotatable bonds is 0. The Morgan fingerprint density at radius 3 is 1.60 bits per heavy atom. The first-order chi connectivity index (χ1) is 4.46. The maximum atomic E-state index is 9.00. The van der Waals surface area contributed by atoms with Crippen LogP contribution < -0.4 is 5.90 Å². The van der Waals surface area contributed by atoms with Gasteiger partial charge in [0.1, 0.15) is 0 Å². The van der Waals surface area contributed by atoms with Gasteiger partial charge in [-0.05, 0) is 0 Å². The van der Waals surface area contributed by atoms with Gasteiger partial charge in [-0.1, -0.05) is 0 Å². The van der Waals surface area contributed by atoms with Crippen molar-refractivity contribution in [1.82, 2.24) is 0 Å². The van der Waals surface area contributed by atoms with Crippen LogP contribution in [-0.4, -0.2) is 26.6 Å². The Labute approximate surface area is 55.6 Å². The van der Waals surface area contributed by atoms with E-state index in [-0.39, 0.29) is 0 Å². The van der Waals surface area contributed by atoms with Gasteiger partial charge in [0, 0.05) is 6.92 Å². The lowest BCUT2D eigenvalue weighted by molar-refractivity contribution is -0.742. The van der Waals surface area contributed by atoms with Gasteiger partial charge < -0.3 is 15.5 Å². The lowest BCUT2D eigenvalue weighted by Gasteiger charge is -1.59. The van der Waals surface area contributed by atoms with Crippen molar-refractivity contribution in [3.63, 3.8) is 0 Å². The first-order valence-corrected chi connectivity index (χ1v) is 1.75. The van der Waals surface area contributed by atoms with Gasteiger partial charge in [0.05, 0.1) is 0 Å². The Balaban J connectivity index is -0.0000000787. The molecule has 0 aromatic carbocycles. The number of hydrogen-bond donors (Lipinski definition) is 4. The molecule has 0 saturated heterocycles. The van der Waals surface area contributed by atoms with Crippen LogP contribution in [0.5, 0.6) is 0 Å². The zero-order valence-corrected chi connectivity index (χ0v) is 5.09. The van der Waals surface area contributed by atoms with Crippen molar-refractivity contribution >= 4 is 5.97 Å². The van der Waals surface area contributed by atoms with Crippen LogP contribution in [0, 0.1) is 10.1 Å². The van der Waals surface area contributed by atoms with Crippen LogP contribution in [0.15, 0.2) is 0 Å². The second-order valence-corrected chi connectivity index (χ2v) is 0.757. The summed E-state index contributed by atoms with van der Waals surface area (Å²) in [5, 5.41) is 27.6. The molecule has 0 unspecified atom stereocenters. The Morgan fingerprint density at radius 2 is 1.60 bits per heavy atom. The summed E-state index contributed by atoms with van der Waals surface area (Å²) in [4.78, 5) is 17.4. The Bertz CT molecular complexity index is 71.7. The zero-order valence-electron chi connectivity index (χ0n) is 5.09. The largest absolute Gasteiger partial charge is 0.481 e. The predicted octanol–water partition coefficient (Wildman–Crippen LogP) is -0.922. The van der Waals surface area contributed by atoms with Crippen LogP contribution in [0.25, 0.3) is 0 Å². The van der Waals surface area contributed by atoms with E-state index >= 15 is 0 Å². The molecule has 0 fully saturated rings. The molecule has 0 atom stereocenters. The van der Waals surface area contributed by atoms with Gasteiger partial charge in [0.15, 0.2) is 0 Å². The van der Waals surface area contributed by atoms with Gasteiger partial charge in [-0.2, -0.15) is 0 Å². The minimum atomic E-state index is -1.50. The second-order valence-electron chi connectivity index (χ2n) is 0.757. The Kier molecular flexibility index (Phi) is 24.8. The van der Waals surface area contributed by atoms with E-state index in [1.54, 1.807) is 0 Å². The molecule has 0 aromatic heterocycles. The monoisotopic (exact) mass is 156 g/mol. The summed E-state index contributed by atoms with van der Waals surface area (Å²) in [6.45, 7) is 1.08. The third-order valence-electron chi connectivity index (χ3n) is 0. The molecule has 0 aromatic rings. The minimum absolute atomic E-state index is 0.833. The predicted molar refractivity (Wildman–Crippen MR) is 28.1 cm³/mol. The zero-order chi connectivity index (χ0) is 9.15.